The predicted molar refractivity (Wildman–Crippen MR) is 98.0 cm³/mol. The molecule has 0 bridgehead atoms. The van der Waals surface area contributed by atoms with E-state index in [-0.39, 0.29) is 12.0 Å². The third-order valence-corrected chi connectivity index (χ3v) is 5.33. The van der Waals surface area contributed by atoms with Crippen molar-refractivity contribution in [1.29, 1.82) is 0 Å². The highest BCUT2D eigenvalue weighted by atomic mass is 16.8. The minimum Gasteiger partial charge on any atom is -0.467 e. The van der Waals surface area contributed by atoms with E-state index in [2.05, 4.69) is 0 Å². The number of rotatable bonds is 5. The maximum absolute atomic E-state index is 12.0. The summed E-state index contributed by atoms with van der Waals surface area (Å²) in [4.78, 5) is 12.0. The first-order chi connectivity index (χ1) is 12.9. The Bertz CT molecular complexity index is 626. The van der Waals surface area contributed by atoms with Gasteiger partial charge in [0.25, 0.3) is 0 Å². The van der Waals surface area contributed by atoms with Gasteiger partial charge in [0.2, 0.25) is 0 Å². The zero-order valence-electron chi connectivity index (χ0n) is 17.6. The molecular weight excluding hydrogens is 368 g/mol. The number of carbonyl (C=O) groups excluding carboxylic acids is 1. The minimum atomic E-state index is -1.29. The molecule has 0 saturated carbocycles. The molecule has 8 heteroatoms. The molecule has 0 aliphatic carbocycles. The molecule has 0 amide bonds. The topological polar surface area (TPSA) is 92.7 Å². The number of ether oxygens (including phenoxy) is 6. The zero-order valence-corrected chi connectivity index (χ0v) is 17.6. The second-order valence-electron chi connectivity index (χ2n) is 8.80. The van der Waals surface area contributed by atoms with Gasteiger partial charge in [0.15, 0.2) is 24.0 Å². The maximum Gasteiger partial charge on any atom is 0.335 e. The SMILES string of the molecule is COC(=O)[C@H](O)[C@@H](/C=C1\[C@H]2OC(C)(C)O[C@H]2O[C@@H]1C1COC(C)(C)O1)C(C)C. The molecule has 160 valence electrons. The van der Waals surface area contributed by atoms with E-state index in [0.29, 0.717) is 6.61 Å². The Morgan fingerprint density at radius 2 is 1.82 bits per heavy atom. The van der Waals surface area contributed by atoms with Crippen molar-refractivity contribution in [3.63, 3.8) is 0 Å². The third-order valence-electron chi connectivity index (χ3n) is 5.33. The summed E-state index contributed by atoms with van der Waals surface area (Å²) in [6.45, 7) is 11.6. The van der Waals surface area contributed by atoms with E-state index in [9.17, 15) is 9.90 Å². The molecule has 0 aromatic carbocycles. The number of aliphatic hydroxyl groups is 1. The highest BCUT2D eigenvalue weighted by molar-refractivity contribution is 5.75. The smallest absolute Gasteiger partial charge is 0.335 e. The van der Waals surface area contributed by atoms with Crippen molar-refractivity contribution in [3.05, 3.63) is 11.6 Å². The Morgan fingerprint density at radius 3 is 2.36 bits per heavy atom. The van der Waals surface area contributed by atoms with Crippen LogP contribution in [0.2, 0.25) is 0 Å². The molecule has 3 aliphatic rings. The van der Waals surface area contributed by atoms with E-state index in [1.54, 1.807) is 0 Å². The molecule has 1 unspecified atom stereocenters. The maximum atomic E-state index is 12.0. The van der Waals surface area contributed by atoms with Gasteiger partial charge in [0, 0.05) is 5.92 Å². The van der Waals surface area contributed by atoms with Gasteiger partial charge in [-0.1, -0.05) is 19.9 Å². The van der Waals surface area contributed by atoms with Crippen LogP contribution in [0.25, 0.3) is 0 Å². The summed E-state index contributed by atoms with van der Waals surface area (Å²) in [5, 5.41) is 10.5. The molecule has 3 aliphatic heterocycles. The molecule has 28 heavy (non-hydrogen) atoms. The molecule has 0 spiro atoms. The van der Waals surface area contributed by atoms with Gasteiger partial charge in [0.1, 0.15) is 18.3 Å². The van der Waals surface area contributed by atoms with Crippen LogP contribution in [0.1, 0.15) is 41.5 Å². The first kappa shape index (κ1) is 21.7. The highest BCUT2D eigenvalue weighted by Gasteiger charge is 2.55. The summed E-state index contributed by atoms with van der Waals surface area (Å²) in [6, 6.07) is 0. The Hall–Kier alpha value is -1.03. The van der Waals surface area contributed by atoms with Gasteiger partial charge >= 0.3 is 5.97 Å². The van der Waals surface area contributed by atoms with Crippen LogP contribution in [-0.2, 0) is 33.2 Å². The molecule has 3 rings (SSSR count). The van der Waals surface area contributed by atoms with E-state index < -0.39 is 48.1 Å². The lowest BCUT2D eigenvalue weighted by Gasteiger charge is -2.28. The number of hydrogen-bond acceptors (Lipinski definition) is 8. The van der Waals surface area contributed by atoms with E-state index in [0.717, 1.165) is 5.57 Å². The van der Waals surface area contributed by atoms with Crippen LogP contribution in [-0.4, -0.2) is 67.1 Å². The fraction of sp³-hybridized carbons (Fsp3) is 0.850. The molecular formula is C20H32O8. The van der Waals surface area contributed by atoms with E-state index in [1.807, 2.05) is 47.6 Å². The van der Waals surface area contributed by atoms with Crippen molar-refractivity contribution in [2.24, 2.45) is 11.8 Å². The molecule has 3 fully saturated rings. The summed E-state index contributed by atoms with van der Waals surface area (Å²) in [5.41, 5.74) is 0.795. The van der Waals surface area contributed by atoms with Crippen LogP contribution in [0.5, 0.6) is 0 Å². The monoisotopic (exact) mass is 400 g/mol. The van der Waals surface area contributed by atoms with Gasteiger partial charge in [-0.2, -0.15) is 0 Å². The molecule has 6 atom stereocenters. The average molecular weight is 400 g/mol. The predicted octanol–water partition coefficient (Wildman–Crippen LogP) is 1.75. The fourth-order valence-electron chi connectivity index (χ4n) is 3.94. The molecule has 3 saturated heterocycles. The highest BCUT2D eigenvalue weighted by Crippen LogP contribution is 2.44. The molecule has 3 heterocycles. The first-order valence-corrected chi connectivity index (χ1v) is 9.74. The van der Waals surface area contributed by atoms with Gasteiger partial charge in [-0.05, 0) is 39.2 Å². The lowest BCUT2D eigenvalue weighted by Crippen LogP contribution is -2.37. The van der Waals surface area contributed by atoms with Crippen LogP contribution >= 0.6 is 0 Å². The summed E-state index contributed by atoms with van der Waals surface area (Å²) >= 11 is 0. The van der Waals surface area contributed by atoms with Gasteiger partial charge < -0.3 is 33.5 Å². The van der Waals surface area contributed by atoms with Crippen molar-refractivity contribution in [3.8, 4) is 0 Å². The van der Waals surface area contributed by atoms with Crippen LogP contribution in [0.4, 0.5) is 0 Å². The summed E-state index contributed by atoms with van der Waals surface area (Å²) < 4.78 is 34.5. The number of esters is 1. The molecule has 1 N–H and O–H groups in total. The zero-order chi connectivity index (χ0) is 20.9. The fourth-order valence-corrected chi connectivity index (χ4v) is 3.94. The summed E-state index contributed by atoms with van der Waals surface area (Å²) in [5.74, 6) is -2.67. The van der Waals surface area contributed by atoms with Gasteiger partial charge in [-0.3, -0.25) is 0 Å². The number of fused-ring (bicyclic) bond motifs is 1. The van der Waals surface area contributed by atoms with E-state index in [1.165, 1.54) is 7.11 Å². The molecule has 8 nitrogen and oxygen atoms in total. The van der Waals surface area contributed by atoms with E-state index >= 15 is 0 Å². The van der Waals surface area contributed by atoms with Gasteiger partial charge in [0.05, 0.1) is 13.7 Å². The lowest BCUT2D eigenvalue weighted by atomic mass is 9.86. The second kappa shape index (κ2) is 7.66. The minimum absolute atomic E-state index is 0.0196. The normalized spacial score (nSPS) is 37.2. The van der Waals surface area contributed by atoms with Gasteiger partial charge in [-0.15, -0.1) is 0 Å². The quantitative estimate of drug-likeness (QED) is 0.551. The Kier molecular flexibility index (Phi) is 5.93. The van der Waals surface area contributed by atoms with Crippen molar-refractivity contribution in [1.82, 2.24) is 0 Å². The largest absolute Gasteiger partial charge is 0.467 e. The average Bonchev–Trinajstić information content (AvgIpc) is 3.20. The van der Waals surface area contributed by atoms with Crippen molar-refractivity contribution in [2.75, 3.05) is 13.7 Å². The van der Waals surface area contributed by atoms with E-state index in [4.69, 9.17) is 28.4 Å². The molecule has 0 radical (unpaired) electrons. The number of aliphatic hydroxyl groups excluding tert-OH is 1. The van der Waals surface area contributed by atoms with Crippen molar-refractivity contribution >= 4 is 5.97 Å². The first-order valence-electron chi connectivity index (χ1n) is 9.74. The van der Waals surface area contributed by atoms with Gasteiger partial charge in [-0.25, -0.2) is 4.79 Å². The van der Waals surface area contributed by atoms with Crippen LogP contribution in [0.15, 0.2) is 11.6 Å². The van der Waals surface area contributed by atoms with Crippen LogP contribution in [0, 0.1) is 11.8 Å². The standard InChI is InChI=1S/C20H32O8/c1-10(2)11(14(21)17(22)23-7)8-12-15(13-9-24-19(3,4)26-13)25-18-16(12)27-20(5,6)28-18/h8,10-11,13-16,18,21H,9H2,1-7H3/b12-8-/t11-,13?,14+,15-,16+,18+/m0/s1. The Labute approximate surface area is 166 Å². The van der Waals surface area contributed by atoms with Crippen molar-refractivity contribution in [2.45, 2.75) is 83.8 Å². The Morgan fingerprint density at radius 1 is 1.14 bits per heavy atom. The van der Waals surface area contributed by atoms with Crippen LogP contribution < -0.4 is 0 Å². The number of carbonyl (C=O) groups is 1. The van der Waals surface area contributed by atoms with Crippen LogP contribution in [0.3, 0.4) is 0 Å². The lowest BCUT2D eigenvalue weighted by molar-refractivity contribution is -0.215. The summed E-state index contributed by atoms with van der Waals surface area (Å²) in [6.07, 6.45) is -1.25. The molecule has 0 aromatic heterocycles. The second-order valence-corrected chi connectivity index (χ2v) is 8.80. The number of methoxy groups -OCH3 is 1. The Balaban J connectivity index is 1.93. The number of hydrogen-bond donors (Lipinski definition) is 1. The molecule has 0 aromatic rings. The summed E-state index contributed by atoms with van der Waals surface area (Å²) in [7, 11) is 1.26. The third kappa shape index (κ3) is 4.27. The van der Waals surface area contributed by atoms with Crippen molar-refractivity contribution < 1.29 is 38.3 Å².